The molecule has 3 aromatic rings. The van der Waals surface area contributed by atoms with Crippen LogP contribution in [-0.4, -0.2) is 24.6 Å². The van der Waals surface area contributed by atoms with Crippen LogP contribution in [-0.2, 0) is 22.1 Å². The minimum absolute atomic E-state index is 0.320. The zero-order chi connectivity index (χ0) is 18.4. The predicted molar refractivity (Wildman–Crippen MR) is 105 cm³/mol. The summed E-state index contributed by atoms with van der Waals surface area (Å²) in [5.41, 5.74) is 2.21. The number of hydrogen-bond donors (Lipinski definition) is 1. The lowest BCUT2D eigenvalue weighted by Gasteiger charge is -2.08. The standard InChI is InChI=1S/C19H19N3O2S2/c1-26(23,24)17-9-7-15(8-10-17)11-21-18-12-20-13-19(22-18)25-14-16-5-3-2-4-6-16/h2-10,12-13H,11,14H2,1H3,(H,21,22). The van der Waals surface area contributed by atoms with Crippen molar-refractivity contribution in [2.24, 2.45) is 0 Å². The molecule has 0 aliphatic rings. The summed E-state index contributed by atoms with van der Waals surface area (Å²) in [5.74, 6) is 1.53. The van der Waals surface area contributed by atoms with E-state index in [1.165, 1.54) is 11.8 Å². The van der Waals surface area contributed by atoms with Gasteiger partial charge in [0, 0.05) is 18.6 Å². The van der Waals surface area contributed by atoms with Crippen molar-refractivity contribution in [2.45, 2.75) is 22.2 Å². The third-order valence-corrected chi connectivity index (χ3v) is 5.77. The number of sulfone groups is 1. The Morgan fingerprint density at radius 3 is 2.38 bits per heavy atom. The normalized spacial score (nSPS) is 11.3. The van der Waals surface area contributed by atoms with E-state index in [0.717, 1.165) is 16.3 Å². The molecule has 0 unspecified atom stereocenters. The molecule has 26 heavy (non-hydrogen) atoms. The van der Waals surface area contributed by atoms with Crippen molar-refractivity contribution in [2.75, 3.05) is 11.6 Å². The van der Waals surface area contributed by atoms with Crippen LogP contribution in [0.4, 0.5) is 5.82 Å². The molecule has 0 amide bonds. The van der Waals surface area contributed by atoms with Crippen molar-refractivity contribution in [3.63, 3.8) is 0 Å². The van der Waals surface area contributed by atoms with E-state index in [0.29, 0.717) is 17.3 Å². The van der Waals surface area contributed by atoms with Gasteiger partial charge in [0.1, 0.15) is 10.8 Å². The van der Waals surface area contributed by atoms with Gasteiger partial charge < -0.3 is 5.32 Å². The summed E-state index contributed by atoms with van der Waals surface area (Å²) in [6.45, 7) is 0.547. The van der Waals surface area contributed by atoms with Crippen LogP contribution in [0.25, 0.3) is 0 Å². The Hall–Kier alpha value is -2.38. The summed E-state index contributed by atoms with van der Waals surface area (Å²) in [7, 11) is -3.17. The summed E-state index contributed by atoms with van der Waals surface area (Å²) in [5, 5.41) is 4.07. The molecule has 7 heteroatoms. The number of thioether (sulfide) groups is 1. The third kappa shape index (κ3) is 5.31. The number of aromatic nitrogens is 2. The molecule has 1 aromatic heterocycles. The van der Waals surface area contributed by atoms with E-state index in [-0.39, 0.29) is 0 Å². The third-order valence-electron chi connectivity index (χ3n) is 3.67. The van der Waals surface area contributed by atoms with Gasteiger partial charge >= 0.3 is 0 Å². The highest BCUT2D eigenvalue weighted by molar-refractivity contribution is 7.98. The fraction of sp³-hybridized carbons (Fsp3) is 0.158. The van der Waals surface area contributed by atoms with Gasteiger partial charge in [-0.05, 0) is 23.3 Å². The number of benzene rings is 2. The lowest BCUT2D eigenvalue weighted by Crippen LogP contribution is -2.03. The molecule has 0 saturated heterocycles. The van der Waals surface area contributed by atoms with Crippen molar-refractivity contribution < 1.29 is 8.42 Å². The van der Waals surface area contributed by atoms with Crippen molar-refractivity contribution >= 4 is 27.4 Å². The molecule has 3 rings (SSSR count). The van der Waals surface area contributed by atoms with Crippen molar-refractivity contribution in [1.82, 2.24) is 9.97 Å². The average Bonchev–Trinajstić information content (AvgIpc) is 2.66. The minimum atomic E-state index is -3.17. The molecule has 0 radical (unpaired) electrons. The summed E-state index contributed by atoms with van der Waals surface area (Å²) in [6.07, 6.45) is 4.63. The van der Waals surface area contributed by atoms with Gasteiger partial charge in [0.15, 0.2) is 9.84 Å². The van der Waals surface area contributed by atoms with Crippen LogP contribution >= 0.6 is 11.8 Å². The van der Waals surface area contributed by atoms with Gasteiger partial charge in [-0.15, -0.1) is 11.8 Å². The average molecular weight is 386 g/mol. The summed E-state index contributed by atoms with van der Waals surface area (Å²) in [4.78, 5) is 9.10. The van der Waals surface area contributed by atoms with E-state index in [2.05, 4.69) is 27.4 Å². The van der Waals surface area contributed by atoms with Crippen LogP contribution in [0.15, 0.2) is 76.9 Å². The Labute approximate surface area is 157 Å². The van der Waals surface area contributed by atoms with Crippen molar-refractivity contribution in [3.05, 3.63) is 78.1 Å². The summed E-state index contributed by atoms with van der Waals surface area (Å²) < 4.78 is 23.0. The fourth-order valence-corrected chi connectivity index (χ4v) is 3.72. The molecular formula is C19H19N3O2S2. The smallest absolute Gasteiger partial charge is 0.175 e. The Bertz CT molecular complexity index is 960. The van der Waals surface area contributed by atoms with E-state index in [4.69, 9.17) is 0 Å². The first-order valence-electron chi connectivity index (χ1n) is 8.02. The van der Waals surface area contributed by atoms with Crippen molar-refractivity contribution in [3.8, 4) is 0 Å². The fourth-order valence-electron chi connectivity index (χ4n) is 2.28. The van der Waals surface area contributed by atoms with Crippen LogP contribution in [0, 0.1) is 0 Å². The second-order valence-corrected chi connectivity index (χ2v) is 8.80. The highest BCUT2D eigenvalue weighted by Gasteiger charge is 2.06. The second kappa shape index (κ2) is 8.33. The molecule has 1 heterocycles. The van der Waals surface area contributed by atoms with Gasteiger partial charge in [-0.2, -0.15) is 0 Å². The summed E-state index contributed by atoms with van der Waals surface area (Å²) in [6, 6.07) is 17.0. The number of anilines is 1. The number of hydrogen-bond acceptors (Lipinski definition) is 6. The highest BCUT2D eigenvalue weighted by Crippen LogP contribution is 2.21. The van der Waals surface area contributed by atoms with Gasteiger partial charge in [-0.1, -0.05) is 42.5 Å². The Morgan fingerprint density at radius 1 is 0.962 bits per heavy atom. The molecule has 0 saturated carbocycles. The van der Waals surface area contributed by atoms with E-state index in [1.807, 2.05) is 18.2 Å². The molecule has 0 fully saturated rings. The summed E-state index contributed by atoms with van der Waals surface area (Å²) >= 11 is 1.63. The van der Waals surface area contributed by atoms with Gasteiger partial charge in [0.2, 0.25) is 0 Å². The van der Waals surface area contributed by atoms with E-state index < -0.39 is 9.84 Å². The maximum atomic E-state index is 11.5. The minimum Gasteiger partial charge on any atom is -0.365 e. The maximum absolute atomic E-state index is 11.5. The van der Waals surface area contributed by atoms with Gasteiger partial charge in [-0.3, -0.25) is 4.98 Å². The predicted octanol–water partition coefficient (Wildman–Crippen LogP) is 3.78. The van der Waals surface area contributed by atoms with Gasteiger partial charge in [0.05, 0.1) is 17.3 Å². The molecule has 2 aromatic carbocycles. The zero-order valence-electron chi connectivity index (χ0n) is 14.3. The Morgan fingerprint density at radius 2 is 1.69 bits per heavy atom. The molecule has 134 valence electrons. The number of nitrogens with one attached hydrogen (secondary N) is 1. The van der Waals surface area contributed by atoms with Gasteiger partial charge in [0.25, 0.3) is 0 Å². The first kappa shape index (κ1) is 18.4. The zero-order valence-corrected chi connectivity index (χ0v) is 15.9. The van der Waals surface area contributed by atoms with Crippen molar-refractivity contribution in [1.29, 1.82) is 0 Å². The second-order valence-electron chi connectivity index (χ2n) is 5.79. The van der Waals surface area contributed by atoms with Crippen LogP contribution in [0.2, 0.25) is 0 Å². The number of rotatable bonds is 7. The SMILES string of the molecule is CS(=O)(=O)c1ccc(CNc2cncc(SCc3ccccc3)n2)cc1. The lowest BCUT2D eigenvalue weighted by molar-refractivity contribution is 0.602. The monoisotopic (exact) mass is 385 g/mol. The first-order chi connectivity index (χ1) is 12.5. The van der Waals surface area contributed by atoms with Crippen LogP contribution in [0.3, 0.4) is 0 Å². The van der Waals surface area contributed by atoms with E-state index >= 15 is 0 Å². The number of nitrogens with zero attached hydrogens (tertiary/aromatic N) is 2. The molecule has 0 spiro atoms. The van der Waals surface area contributed by atoms with E-state index in [9.17, 15) is 8.42 Å². The molecule has 0 atom stereocenters. The molecule has 0 aliphatic heterocycles. The molecule has 0 aliphatic carbocycles. The quantitative estimate of drug-likeness (QED) is 0.624. The largest absolute Gasteiger partial charge is 0.365 e. The van der Waals surface area contributed by atoms with Crippen LogP contribution in [0.5, 0.6) is 0 Å². The molecule has 1 N–H and O–H groups in total. The maximum Gasteiger partial charge on any atom is 0.175 e. The lowest BCUT2D eigenvalue weighted by atomic mass is 10.2. The van der Waals surface area contributed by atoms with E-state index in [1.54, 1.807) is 48.4 Å². The molecular weight excluding hydrogens is 366 g/mol. The van der Waals surface area contributed by atoms with Crippen LogP contribution < -0.4 is 5.32 Å². The van der Waals surface area contributed by atoms with Crippen LogP contribution in [0.1, 0.15) is 11.1 Å². The highest BCUT2D eigenvalue weighted by atomic mass is 32.2. The first-order valence-corrected chi connectivity index (χ1v) is 10.9. The van der Waals surface area contributed by atoms with Gasteiger partial charge in [-0.25, -0.2) is 13.4 Å². The Kier molecular flexibility index (Phi) is 5.90. The molecule has 0 bridgehead atoms. The Balaban J connectivity index is 1.58. The topological polar surface area (TPSA) is 72.0 Å². The molecule has 5 nitrogen and oxygen atoms in total.